The van der Waals surface area contributed by atoms with Gasteiger partial charge in [-0.05, 0) is 67.3 Å². The summed E-state index contributed by atoms with van der Waals surface area (Å²) in [6.45, 7) is 8.02. The summed E-state index contributed by atoms with van der Waals surface area (Å²) in [4.78, 5) is 2.56. The number of unbranched alkanes of at least 4 members (excludes halogenated alkanes) is 15. The molecule has 2 aliphatic rings. The largest absolute Gasteiger partial charge is 0.463 e. The van der Waals surface area contributed by atoms with Gasteiger partial charge in [0.1, 0.15) is 5.75 Å². The second kappa shape index (κ2) is 17.1. The Morgan fingerprint density at radius 3 is 1.83 bits per heavy atom. The fraction of sp³-hybridized carbons (Fsp3) is 0.500. The molecule has 0 bridgehead atoms. The SMILES string of the molecule is CCCCCCCCCCCCCCCCCCN1c2ccccc2C(C)(C)C12C=Cc1cc(/C=C/c3ccccc3)ccc1O2. The molecule has 1 atom stereocenters. The van der Waals surface area contributed by atoms with Crippen LogP contribution >= 0.6 is 0 Å². The van der Waals surface area contributed by atoms with E-state index in [1.54, 1.807) is 0 Å². The number of rotatable bonds is 19. The van der Waals surface area contributed by atoms with Crippen molar-refractivity contribution in [3.05, 3.63) is 101 Å². The Balaban J connectivity index is 1.10. The minimum absolute atomic E-state index is 0.182. The molecule has 3 aromatic rings. The van der Waals surface area contributed by atoms with Crippen molar-refractivity contribution < 1.29 is 4.74 Å². The highest BCUT2D eigenvalue weighted by molar-refractivity contribution is 5.75. The highest BCUT2D eigenvalue weighted by atomic mass is 16.5. The van der Waals surface area contributed by atoms with Crippen molar-refractivity contribution in [3.63, 3.8) is 0 Å². The van der Waals surface area contributed by atoms with E-state index in [4.69, 9.17) is 4.74 Å². The molecule has 0 aromatic heterocycles. The molecule has 0 N–H and O–H groups in total. The summed E-state index contributed by atoms with van der Waals surface area (Å²) in [5.41, 5.74) is 5.53. The van der Waals surface area contributed by atoms with Gasteiger partial charge >= 0.3 is 0 Å². The smallest absolute Gasteiger partial charge is 0.212 e. The molecule has 1 spiro atoms. The van der Waals surface area contributed by atoms with Gasteiger partial charge in [0.05, 0.1) is 5.41 Å². The van der Waals surface area contributed by atoms with E-state index in [1.807, 2.05) is 0 Å². The Bertz CT molecular complexity index is 1400. The van der Waals surface area contributed by atoms with Crippen LogP contribution < -0.4 is 9.64 Å². The van der Waals surface area contributed by atoms with Crippen LogP contribution in [0.1, 0.15) is 146 Å². The van der Waals surface area contributed by atoms with Crippen molar-refractivity contribution in [1.82, 2.24) is 0 Å². The van der Waals surface area contributed by atoms with Gasteiger partial charge in [-0.3, -0.25) is 0 Å². The molecular formula is C44H59NO. The Kier molecular flexibility index (Phi) is 12.6. The lowest BCUT2D eigenvalue weighted by Gasteiger charge is -2.47. The van der Waals surface area contributed by atoms with Crippen molar-refractivity contribution in [2.75, 3.05) is 11.4 Å². The van der Waals surface area contributed by atoms with Gasteiger partial charge in [-0.2, -0.15) is 0 Å². The van der Waals surface area contributed by atoms with Gasteiger partial charge < -0.3 is 9.64 Å². The third-order valence-corrected chi connectivity index (χ3v) is 10.5. The molecule has 0 saturated carbocycles. The fourth-order valence-electron chi connectivity index (χ4n) is 7.59. The van der Waals surface area contributed by atoms with Crippen molar-refractivity contribution in [2.45, 2.75) is 135 Å². The Morgan fingerprint density at radius 2 is 1.17 bits per heavy atom. The molecule has 0 fully saturated rings. The lowest BCUT2D eigenvalue weighted by atomic mass is 9.76. The topological polar surface area (TPSA) is 12.5 Å². The van der Waals surface area contributed by atoms with Crippen LogP contribution in [0.5, 0.6) is 5.75 Å². The molecule has 0 amide bonds. The number of hydrogen-bond donors (Lipinski definition) is 0. The maximum Gasteiger partial charge on any atom is 0.212 e. The van der Waals surface area contributed by atoms with Crippen LogP contribution in [0.4, 0.5) is 5.69 Å². The number of nitrogens with zero attached hydrogens (tertiary/aromatic N) is 1. The van der Waals surface area contributed by atoms with Crippen LogP contribution in [-0.2, 0) is 5.41 Å². The van der Waals surface area contributed by atoms with Crippen molar-refractivity contribution >= 4 is 23.9 Å². The van der Waals surface area contributed by atoms with Gasteiger partial charge in [-0.25, -0.2) is 0 Å². The highest BCUT2D eigenvalue weighted by Crippen LogP contribution is 2.55. The van der Waals surface area contributed by atoms with Gasteiger partial charge in [-0.15, -0.1) is 0 Å². The van der Waals surface area contributed by atoms with Crippen LogP contribution in [0.25, 0.3) is 18.2 Å². The zero-order valence-corrected chi connectivity index (χ0v) is 29.1. The van der Waals surface area contributed by atoms with E-state index < -0.39 is 5.72 Å². The minimum Gasteiger partial charge on any atom is -0.463 e. The number of anilines is 1. The summed E-state index contributed by atoms with van der Waals surface area (Å²) in [7, 11) is 0. The zero-order valence-electron chi connectivity index (χ0n) is 29.1. The van der Waals surface area contributed by atoms with Gasteiger partial charge in [0.25, 0.3) is 0 Å². The fourth-order valence-corrected chi connectivity index (χ4v) is 7.59. The molecular weight excluding hydrogens is 558 g/mol. The standard InChI is InChI=1S/C44H59NO/c1-4-5-6-7-8-9-10-11-12-13-14-15-16-17-18-24-35-45-41-28-23-22-27-40(41)43(2,3)44(45)34-33-39-36-38(31-32-42(39)46-44)30-29-37-25-20-19-21-26-37/h19-23,25-34,36H,4-18,24,35H2,1-3H3/b30-29+. The summed E-state index contributed by atoms with van der Waals surface area (Å²) >= 11 is 0. The second-order valence-electron chi connectivity index (χ2n) is 14.3. The van der Waals surface area contributed by atoms with Gasteiger partial charge in [0, 0.05) is 17.8 Å². The van der Waals surface area contributed by atoms with E-state index >= 15 is 0 Å². The predicted molar refractivity (Wildman–Crippen MR) is 201 cm³/mol. The summed E-state index contributed by atoms with van der Waals surface area (Å²) < 4.78 is 7.10. The lowest BCUT2D eigenvalue weighted by molar-refractivity contribution is 0.0531. The number of fused-ring (bicyclic) bond motifs is 2. The molecule has 2 aliphatic heterocycles. The van der Waals surface area contributed by atoms with E-state index in [1.165, 1.54) is 125 Å². The van der Waals surface area contributed by atoms with E-state index in [-0.39, 0.29) is 5.41 Å². The first kappa shape index (κ1) is 34.1. The summed E-state index contributed by atoms with van der Waals surface area (Å²) in [6.07, 6.45) is 31.3. The van der Waals surface area contributed by atoms with Crippen LogP contribution in [0.2, 0.25) is 0 Å². The third-order valence-electron chi connectivity index (χ3n) is 10.5. The van der Waals surface area contributed by atoms with E-state index in [0.29, 0.717) is 0 Å². The number of ether oxygens (including phenoxy) is 1. The molecule has 246 valence electrons. The number of para-hydroxylation sites is 1. The van der Waals surface area contributed by atoms with Crippen LogP contribution in [-0.4, -0.2) is 12.3 Å². The lowest BCUT2D eigenvalue weighted by Crippen LogP contribution is -2.59. The Morgan fingerprint density at radius 1 is 0.609 bits per heavy atom. The quantitative estimate of drug-likeness (QED) is 0.0980. The Labute approximate surface area is 281 Å². The third kappa shape index (κ3) is 8.36. The van der Waals surface area contributed by atoms with Crippen molar-refractivity contribution in [2.24, 2.45) is 0 Å². The average molecular weight is 618 g/mol. The normalized spacial score (nSPS) is 17.8. The maximum absolute atomic E-state index is 7.10. The molecule has 2 nitrogen and oxygen atoms in total. The van der Waals surface area contributed by atoms with Crippen LogP contribution in [0.3, 0.4) is 0 Å². The van der Waals surface area contributed by atoms with E-state index in [9.17, 15) is 0 Å². The predicted octanol–water partition coefficient (Wildman–Crippen LogP) is 13.0. The minimum atomic E-state index is -0.527. The van der Waals surface area contributed by atoms with Gasteiger partial charge in [0.2, 0.25) is 5.72 Å². The van der Waals surface area contributed by atoms with E-state index in [2.05, 4.69) is 123 Å². The first-order chi connectivity index (χ1) is 22.5. The molecule has 1 unspecified atom stereocenters. The molecule has 2 heteroatoms. The maximum atomic E-state index is 7.10. The summed E-state index contributed by atoms with van der Waals surface area (Å²) in [5, 5.41) is 0. The average Bonchev–Trinajstić information content (AvgIpc) is 3.25. The molecule has 0 radical (unpaired) electrons. The first-order valence-electron chi connectivity index (χ1n) is 18.7. The number of hydrogen-bond acceptors (Lipinski definition) is 2. The van der Waals surface area contributed by atoms with Crippen LogP contribution in [0.15, 0.2) is 78.9 Å². The Hall–Kier alpha value is -3.26. The first-order valence-corrected chi connectivity index (χ1v) is 18.7. The summed E-state index contributed by atoms with van der Waals surface area (Å²) in [5.74, 6) is 0.970. The van der Waals surface area contributed by atoms with Crippen molar-refractivity contribution in [3.8, 4) is 5.75 Å². The molecule has 3 aromatic carbocycles. The molecule has 5 rings (SSSR count). The van der Waals surface area contributed by atoms with Crippen LogP contribution in [0, 0.1) is 0 Å². The molecule has 0 saturated heterocycles. The summed E-state index contributed by atoms with van der Waals surface area (Å²) in [6, 6.07) is 26.0. The molecule has 0 aliphatic carbocycles. The monoisotopic (exact) mass is 617 g/mol. The van der Waals surface area contributed by atoms with Gasteiger partial charge in [0.15, 0.2) is 0 Å². The van der Waals surface area contributed by atoms with E-state index in [0.717, 1.165) is 17.9 Å². The second-order valence-corrected chi connectivity index (χ2v) is 14.3. The zero-order chi connectivity index (χ0) is 32.1. The highest BCUT2D eigenvalue weighted by Gasteiger charge is 2.58. The van der Waals surface area contributed by atoms with Gasteiger partial charge in [-0.1, -0.05) is 170 Å². The number of benzene rings is 3. The molecule has 2 heterocycles. The molecule has 46 heavy (non-hydrogen) atoms. The van der Waals surface area contributed by atoms with Crippen molar-refractivity contribution in [1.29, 1.82) is 0 Å².